The number of hydrogen-bond acceptors (Lipinski definition) is 6. The molecule has 0 aliphatic carbocycles. The van der Waals surface area contributed by atoms with Gasteiger partial charge in [-0.2, -0.15) is 0 Å². The van der Waals surface area contributed by atoms with Crippen molar-refractivity contribution in [1.29, 1.82) is 0 Å². The summed E-state index contributed by atoms with van der Waals surface area (Å²) in [6.07, 6.45) is 5.24. The van der Waals surface area contributed by atoms with Crippen molar-refractivity contribution in [3.8, 4) is 0 Å². The molecule has 0 saturated carbocycles. The average Bonchev–Trinajstić information content (AvgIpc) is 2.69. The molecule has 8 heteroatoms. The Kier molecular flexibility index (Phi) is 12.3. The van der Waals surface area contributed by atoms with Gasteiger partial charge in [0.25, 0.3) is 0 Å². The molecule has 8 nitrogen and oxygen atoms in total. The Hall–Kier alpha value is -2.61. The Balaban J connectivity index is 0.00000113. The summed E-state index contributed by atoms with van der Waals surface area (Å²) in [5, 5.41) is 2.66. The molecule has 1 aliphatic rings. The van der Waals surface area contributed by atoms with Gasteiger partial charge < -0.3 is 24.4 Å². The number of nitrogens with one attached hydrogen (secondary N) is 1. The quantitative estimate of drug-likeness (QED) is 0.394. The van der Waals surface area contributed by atoms with Gasteiger partial charge >= 0.3 is 12.1 Å². The largest absolute Gasteiger partial charge is 0.469 e. The lowest BCUT2D eigenvalue weighted by Gasteiger charge is -2.34. The maximum absolute atomic E-state index is 11.8. The number of carbonyl (C=O) groups excluding carboxylic acids is 3. The van der Waals surface area contributed by atoms with Gasteiger partial charge in [0.05, 0.1) is 24.7 Å². The molecule has 0 aromatic carbocycles. The SMILES string of the molecule is C=C/C=C(\C=C)COC(=O)NC1CC(C(=O)OC)CN(C=O)C1.COC(C)(C)C. The first-order chi connectivity index (χ1) is 13.6. The second-order valence-corrected chi connectivity index (χ2v) is 7.43. The number of hydrogen-bond donors (Lipinski definition) is 1. The van der Waals surface area contributed by atoms with E-state index in [2.05, 4.69) is 18.5 Å². The number of nitrogens with zero attached hydrogens (tertiary/aromatic N) is 1. The molecule has 1 saturated heterocycles. The molecule has 0 bridgehead atoms. The zero-order chi connectivity index (χ0) is 22.4. The number of allylic oxidation sites excluding steroid dienone is 2. The second-order valence-electron chi connectivity index (χ2n) is 7.43. The minimum absolute atomic E-state index is 0.0417. The lowest BCUT2D eigenvalue weighted by atomic mass is 9.95. The third-order valence-corrected chi connectivity index (χ3v) is 4.06. The van der Waals surface area contributed by atoms with Crippen LogP contribution in [0.4, 0.5) is 4.79 Å². The topological polar surface area (TPSA) is 94.2 Å². The van der Waals surface area contributed by atoms with E-state index >= 15 is 0 Å². The molecule has 0 aromatic rings. The van der Waals surface area contributed by atoms with Gasteiger partial charge in [0.15, 0.2) is 0 Å². The standard InChI is InChI=1S/C16H22N2O5.C5H12O/c1-4-6-12(5-2)10-23-16(21)17-14-7-13(15(20)22-3)8-18(9-14)11-19;1-5(2,3)6-4/h4-6,11,13-14H,1-2,7-10H2,3H3,(H,17,21);1-4H3/b12-6+;. The molecule has 0 spiro atoms. The van der Waals surface area contributed by atoms with E-state index in [4.69, 9.17) is 14.2 Å². The second kappa shape index (κ2) is 13.5. The van der Waals surface area contributed by atoms with Crippen LogP contribution in [0, 0.1) is 5.92 Å². The maximum atomic E-state index is 11.8. The molecule has 1 aliphatic heterocycles. The zero-order valence-electron chi connectivity index (χ0n) is 18.1. The van der Waals surface area contributed by atoms with E-state index in [9.17, 15) is 14.4 Å². The summed E-state index contributed by atoms with van der Waals surface area (Å²) in [5.74, 6) is -0.867. The van der Waals surface area contributed by atoms with Gasteiger partial charge in [-0.15, -0.1) is 0 Å². The van der Waals surface area contributed by atoms with Crippen molar-refractivity contribution in [2.75, 3.05) is 33.9 Å². The van der Waals surface area contributed by atoms with E-state index in [0.717, 1.165) is 0 Å². The summed E-state index contributed by atoms with van der Waals surface area (Å²) in [6, 6.07) is -0.374. The van der Waals surface area contributed by atoms with Gasteiger partial charge in [-0.1, -0.05) is 31.4 Å². The summed E-state index contributed by atoms with van der Waals surface area (Å²) < 4.78 is 14.7. The highest BCUT2D eigenvalue weighted by molar-refractivity contribution is 5.74. The van der Waals surface area contributed by atoms with E-state index in [-0.39, 0.29) is 24.8 Å². The van der Waals surface area contributed by atoms with Crippen LogP contribution >= 0.6 is 0 Å². The smallest absolute Gasteiger partial charge is 0.407 e. The molecular weight excluding hydrogens is 376 g/mol. The summed E-state index contributed by atoms with van der Waals surface area (Å²) in [5.41, 5.74) is 0.751. The molecule has 0 aromatic heterocycles. The number of carbonyl (C=O) groups is 3. The summed E-state index contributed by atoms with van der Waals surface area (Å²) >= 11 is 0. The Morgan fingerprint density at radius 2 is 1.83 bits per heavy atom. The monoisotopic (exact) mass is 410 g/mol. The van der Waals surface area contributed by atoms with Gasteiger partial charge in [0.2, 0.25) is 6.41 Å². The number of amides is 2. The fourth-order valence-electron chi connectivity index (χ4n) is 2.34. The number of alkyl carbamates (subject to hydrolysis) is 1. The number of likely N-dealkylation sites (tertiary alicyclic amines) is 1. The van der Waals surface area contributed by atoms with E-state index < -0.39 is 18.0 Å². The molecule has 1 N–H and O–H groups in total. The van der Waals surface area contributed by atoms with Gasteiger partial charge in [-0.25, -0.2) is 4.79 Å². The highest BCUT2D eigenvalue weighted by Crippen LogP contribution is 2.17. The first-order valence-corrected chi connectivity index (χ1v) is 9.29. The van der Waals surface area contributed by atoms with Crippen molar-refractivity contribution < 1.29 is 28.6 Å². The average molecular weight is 411 g/mol. The van der Waals surface area contributed by atoms with E-state index in [1.165, 1.54) is 12.0 Å². The first-order valence-electron chi connectivity index (χ1n) is 9.29. The lowest BCUT2D eigenvalue weighted by Crippen LogP contribution is -2.52. The maximum Gasteiger partial charge on any atom is 0.407 e. The van der Waals surface area contributed by atoms with Gasteiger partial charge in [-0.3, -0.25) is 9.59 Å². The number of ether oxygens (including phenoxy) is 3. The number of piperidine rings is 1. The molecule has 164 valence electrons. The van der Waals surface area contributed by atoms with Crippen LogP contribution in [-0.2, 0) is 23.8 Å². The Morgan fingerprint density at radius 1 is 1.21 bits per heavy atom. The Morgan fingerprint density at radius 3 is 2.28 bits per heavy atom. The molecule has 29 heavy (non-hydrogen) atoms. The Bertz CT molecular complexity index is 594. The minimum Gasteiger partial charge on any atom is -0.469 e. The van der Waals surface area contributed by atoms with Crippen LogP contribution in [0.5, 0.6) is 0 Å². The molecule has 1 heterocycles. The van der Waals surface area contributed by atoms with Crippen LogP contribution in [0.3, 0.4) is 0 Å². The number of methoxy groups -OCH3 is 2. The number of rotatable bonds is 7. The van der Waals surface area contributed by atoms with Crippen LogP contribution in [0.25, 0.3) is 0 Å². The lowest BCUT2D eigenvalue weighted by molar-refractivity contribution is -0.148. The fraction of sp³-hybridized carbons (Fsp3) is 0.571. The fourth-order valence-corrected chi connectivity index (χ4v) is 2.34. The van der Waals surface area contributed by atoms with Crippen LogP contribution in [-0.4, -0.2) is 68.9 Å². The normalized spacial score (nSPS) is 19.2. The van der Waals surface area contributed by atoms with Crippen LogP contribution in [0.15, 0.2) is 37.0 Å². The summed E-state index contributed by atoms with van der Waals surface area (Å²) in [6.45, 7) is 13.9. The zero-order valence-corrected chi connectivity index (χ0v) is 18.1. The molecule has 1 rings (SSSR count). The van der Waals surface area contributed by atoms with Gasteiger partial charge in [0, 0.05) is 20.2 Å². The van der Waals surface area contributed by atoms with Crippen LogP contribution in [0.1, 0.15) is 27.2 Å². The molecule has 2 amide bonds. The van der Waals surface area contributed by atoms with E-state index in [0.29, 0.717) is 24.9 Å². The van der Waals surface area contributed by atoms with Crippen molar-refractivity contribution >= 4 is 18.5 Å². The van der Waals surface area contributed by atoms with Crippen LogP contribution in [0.2, 0.25) is 0 Å². The van der Waals surface area contributed by atoms with E-state index in [1.807, 2.05) is 20.8 Å². The first kappa shape index (κ1) is 26.4. The molecule has 0 radical (unpaired) electrons. The molecule has 2 unspecified atom stereocenters. The van der Waals surface area contributed by atoms with Gasteiger partial charge in [-0.05, 0) is 32.8 Å². The van der Waals surface area contributed by atoms with Gasteiger partial charge in [0.1, 0.15) is 6.61 Å². The van der Waals surface area contributed by atoms with Crippen molar-refractivity contribution in [1.82, 2.24) is 10.2 Å². The number of esters is 1. The van der Waals surface area contributed by atoms with Crippen molar-refractivity contribution in [3.63, 3.8) is 0 Å². The van der Waals surface area contributed by atoms with Crippen LogP contribution < -0.4 is 5.32 Å². The minimum atomic E-state index is -0.622. The predicted molar refractivity (Wildman–Crippen MR) is 111 cm³/mol. The summed E-state index contributed by atoms with van der Waals surface area (Å²) in [4.78, 5) is 35.9. The van der Waals surface area contributed by atoms with Crippen molar-refractivity contribution in [2.24, 2.45) is 5.92 Å². The highest BCUT2D eigenvalue weighted by Gasteiger charge is 2.32. The predicted octanol–water partition coefficient (Wildman–Crippen LogP) is 2.46. The molecule has 2 atom stereocenters. The summed E-state index contributed by atoms with van der Waals surface area (Å²) in [7, 11) is 3.00. The molecule has 1 fully saturated rings. The van der Waals surface area contributed by atoms with E-state index in [1.54, 1.807) is 25.3 Å². The third kappa shape index (κ3) is 11.7. The Labute approximate surface area is 173 Å². The van der Waals surface area contributed by atoms with Crippen molar-refractivity contribution in [3.05, 3.63) is 37.0 Å². The molecular formula is C21H34N2O6. The van der Waals surface area contributed by atoms with Crippen molar-refractivity contribution in [2.45, 2.75) is 38.8 Å². The highest BCUT2D eigenvalue weighted by atomic mass is 16.5. The third-order valence-electron chi connectivity index (χ3n) is 4.06.